The van der Waals surface area contributed by atoms with Crippen molar-refractivity contribution >= 4 is 25.4 Å². The predicted molar refractivity (Wildman–Crippen MR) is 75.4 cm³/mol. The average molecular weight is 312 g/mol. The third-order valence-electron chi connectivity index (χ3n) is 2.79. The Labute approximate surface area is 120 Å². The van der Waals surface area contributed by atoms with Gasteiger partial charge >= 0.3 is 0 Å². The van der Waals surface area contributed by atoms with E-state index < -0.39 is 14.0 Å². The number of benzene rings is 2. The highest BCUT2D eigenvalue weighted by Gasteiger charge is 2.24. The Morgan fingerprint density at radius 1 is 1.05 bits per heavy atom. The van der Waals surface area contributed by atoms with Crippen LogP contribution >= 0.6 is 10.7 Å². The summed E-state index contributed by atoms with van der Waals surface area (Å²) in [6, 6.07) is 12.7. The van der Waals surface area contributed by atoms with Crippen LogP contribution in [0.25, 0.3) is 0 Å². The molecule has 2 rings (SSSR count). The maximum absolute atomic E-state index is 11.6. The van der Waals surface area contributed by atoms with Crippen LogP contribution in [0.4, 0.5) is 5.69 Å². The standard InChI is InChI=1S/C13H10ClNO4S/c14-20(18,19)13-8-4-7-12(15(16)17)11(13)9-10-5-2-1-3-6-10/h1-8H,9H2. The number of hydrogen-bond acceptors (Lipinski definition) is 4. The molecule has 0 aliphatic rings. The van der Waals surface area contributed by atoms with E-state index in [0.29, 0.717) is 0 Å². The van der Waals surface area contributed by atoms with E-state index in [9.17, 15) is 18.5 Å². The molecule has 0 bridgehead atoms. The zero-order valence-electron chi connectivity index (χ0n) is 10.2. The lowest BCUT2D eigenvalue weighted by Crippen LogP contribution is -2.03. The van der Waals surface area contributed by atoms with Gasteiger partial charge in [-0.05, 0) is 11.6 Å². The minimum atomic E-state index is -4.04. The van der Waals surface area contributed by atoms with Crippen molar-refractivity contribution in [1.29, 1.82) is 0 Å². The Kier molecular flexibility index (Phi) is 4.06. The Hall–Kier alpha value is -1.92. The predicted octanol–water partition coefficient (Wildman–Crippen LogP) is 3.11. The summed E-state index contributed by atoms with van der Waals surface area (Å²) in [6.45, 7) is 0. The summed E-state index contributed by atoms with van der Waals surface area (Å²) in [5.74, 6) is 0. The van der Waals surface area contributed by atoms with Gasteiger partial charge in [0, 0.05) is 23.2 Å². The zero-order chi connectivity index (χ0) is 14.8. The molecule has 0 amide bonds. The topological polar surface area (TPSA) is 77.3 Å². The third kappa shape index (κ3) is 3.15. The Morgan fingerprint density at radius 3 is 2.25 bits per heavy atom. The smallest absolute Gasteiger partial charge is 0.258 e. The molecule has 0 N–H and O–H groups in total. The number of rotatable bonds is 4. The summed E-state index contributed by atoms with van der Waals surface area (Å²) in [6.07, 6.45) is 0.124. The molecule has 5 nitrogen and oxygen atoms in total. The van der Waals surface area contributed by atoms with Crippen molar-refractivity contribution in [2.75, 3.05) is 0 Å². The monoisotopic (exact) mass is 311 g/mol. The van der Waals surface area contributed by atoms with Crippen LogP contribution in [-0.4, -0.2) is 13.3 Å². The number of hydrogen-bond donors (Lipinski definition) is 0. The molecule has 0 heterocycles. The summed E-state index contributed by atoms with van der Waals surface area (Å²) < 4.78 is 23.1. The summed E-state index contributed by atoms with van der Waals surface area (Å²) in [4.78, 5) is 10.2. The molecule has 0 unspecified atom stereocenters. The molecular formula is C13H10ClNO4S. The second-order valence-electron chi connectivity index (χ2n) is 4.11. The molecule has 0 aromatic heterocycles. The van der Waals surface area contributed by atoms with Gasteiger partial charge in [-0.2, -0.15) is 0 Å². The van der Waals surface area contributed by atoms with Gasteiger partial charge in [-0.1, -0.05) is 36.4 Å². The van der Waals surface area contributed by atoms with Crippen LogP contribution in [0.1, 0.15) is 11.1 Å². The normalized spacial score (nSPS) is 11.2. The van der Waals surface area contributed by atoms with Crippen LogP contribution < -0.4 is 0 Å². The molecule has 0 saturated heterocycles. The summed E-state index contributed by atoms with van der Waals surface area (Å²) in [5, 5.41) is 11.1. The molecule has 0 spiro atoms. The minimum Gasteiger partial charge on any atom is -0.258 e. The lowest BCUT2D eigenvalue weighted by molar-refractivity contribution is -0.385. The fraction of sp³-hybridized carbons (Fsp3) is 0.0769. The lowest BCUT2D eigenvalue weighted by Gasteiger charge is -2.07. The molecule has 0 atom stereocenters. The molecule has 2 aromatic carbocycles. The Bertz CT molecular complexity index is 744. The molecule has 0 fully saturated rings. The van der Waals surface area contributed by atoms with Crippen LogP contribution in [0.15, 0.2) is 53.4 Å². The minimum absolute atomic E-state index is 0.0960. The highest BCUT2D eigenvalue weighted by molar-refractivity contribution is 8.13. The van der Waals surface area contributed by atoms with E-state index in [1.54, 1.807) is 24.3 Å². The molecule has 0 aliphatic heterocycles. The van der Waals surface area contributed by atoms with Gasteiger partial charge in [0.05, 0.1) is 15.4 Å². The van der Waals surface area contributed by atoms with Gasteiger partial charge < -0.3 is 0 Å². The second-order valence-corrected chi connectivity index (χ2v) is 6.65. The highest BCUT2D eigenvalue weighted by atomic mass is 35.7. The largest absolute Gasteiger partial charge is 0.274 e. The maximum atomic E-state index is 11.6. The van der Waals surface area contributed by atoms with Crippen LogP contribution in [0.3, 0.4) is 0 Å². The fourth-order valence-corrected chi connectivity index (χ4v) is 3.08. The first-order valence-corrected chi connectivity index (χ1v) is 7.95. The Balaban J connectivity index is 2.62. The van der Waals surface area contributed by atoms with E-state index in [-0.39, 0.29) is 22.6 Å². The molecule has 7 heteroatoms. The van der Waals surface area contributed by atoms with Crippen LogP contribution in [-0.2, 0) is 15.5 Å². The first-order chi connectivity index (χ1) is 9.39. The quantitative estimate of drug-likeness (QED) is 0.494. The first kappa shape index (κ1) is 14.5. The number of nitro groups is 1. The van der Waals surface area contributed by atoms with E-state index in [2.05, 4.69) is 0 Å². The third-order valence-corrected chi connectivity index (χ3v) is 4.20. The molecule has 2 aromatic rings. The maximum Gasteiger partial charge on any atom is 0.274 e. The highest BCUT2D eigenvalue weighted by Crippen LogP contribution is 2.30. The number of halogens is 1. The summed E-state index contributed by atoms with van der Waals surface area (Å²) in [5.41, 5.74) is 0.609. The first-order valence-electron chi connectivity index (χ1n) is 5.64. The molecule has 20 heavy (non-hydrogen) atoms. The van der Waals surface area contributed by atoms with Gasteiger partial charge in [-0.25, -0.2) is 8.42 Å². The van der Waals surface area contributed by atoms with Crippen molar-refractivity contribution < 1.29 is 13.3 Å². The Morgan fingerprint density at radius 2 is 1.70 bits per heavy atom. The molecule has 0 aliphatic carbocycles. The van der Waals surface area contributed by atoms with Gasteiger partial charge in [0.25, 0.3) is 14.7 Å². The summed E-state index contributed by atoms with van der Waals surface area (Å²) in [7, 11) is 1.31. The van der Waals surface area contributed by atoms with Crippen molar-refractivity contribution in [1.82, 2.24) is 0 Å². The van der Waals surface area contributed by atoms with Crippen LogP contribution in [0.2, 0.25) is 0 Å². The van der Waals surface area contributed by atoms with E-state index in [0.717, 1.165) is 5.56 Å². The molecule has 0 radical (unpaired) electrons. The van der Waals surface area contributed by atoms with Crippen molar-refractivity contribution in [2.45, 2.75) is 11.3 Å². The molecule has 0 saturated carbocycles. The number of nitro benzene ring substituents is 1. The van der Waals surface area contributed by atoms with Crippen LogP contribution in [0.5, 0.6) is 0 Å². The van der Waals surface area contributed by atoms with Gasteiger partial charge in [-0.3, -0.25) is 10.1 Å². The lowest BCUT2D eigenvalue weighted by atomic mass is 10.0. The van der Waals surface area contributed by atoms with Gasteiger partial charge in [0.2, 0.25) is 0 Å². The van der Waals surface area contributed by atoms with Crippen molar-refractivity contribution in [2.24, 2.45) is 0 Å². The van der Waals surface area contributed by atoms with E-state index >= 15 is 0 Å². The summed E-state index contributed by atoms with van der Waals surface area (Å²) >= 11 is 0. The SMILES string of the molecule is O=[N+]([O-])c1cccc(S(=O)(=O)Cl)c1Cc1ccccc1. The molecular weight excluding hydrogens is 302 g/mol. The average Bonchev–Trinajstić information content (AvgIpc) is 2.38. The molecule has 104 valence electrons. The van der Waals surface area contributed by atoms with Crippen molar-refractivity contribution in [3.8, 4) is 0 Å². The van der Waals surface area contributed by atoms with Crippen molar-refractivity contribution in [3.05, 3.63) is 69.8 Å². The van der Waals surface area contributed by atoms with E-state index in [1.807, 2.05) is 6.07 Å². The van der Waals surface area contributed by atoms with Crippen molar-refractivity contribution in [3.63, 3.8) is 0 Å². The fourth-order valence-electron chi connectivity index (χ4n) is 1.93. The van der Waals surface area contributed by atoms with Gasteiger partial charge in [0.15, 0.2) is 0 Å². The number of nitrogens with zero attached hydrogens (tertiary/aromatic N) is 1. The van der Waals surface area contributed by atoms with E-state index in [4.69, 9.17) is 10.7 Å². The van der Waals surface area contributed by atoms with E-state index in [1.165, 1.54) is 18.2 Å². The van der Waals surface area contributed by atoms with Crippen LogP contribution in [0, 0.1) is 10.1 Å². The second kappa shape index (κ2) is 5.60. The van der Waals surface area contributed by atoms with Gasteiger partial charge in [-0.15, -0.1) is 0 Å². The zero-order valence-corrected chi connectivity index (χ0v) is 11.8. The van der Waals surface area contributed by atoms with Gasteiger partial charge in [0.1, 0.15) is 0 Å².